The fraction of sp³-hybridized carbons (Fsp3) is 0.353. The molecule has 2 rings (SSSR count). The van der Waals surface area contributed by atoms with Gasteiger partial charge in [0.25, 0.3) is 0 Å². The van der Waals surface area contributed by atoms with Gasteiger partial charge in [0.1, 0.15) is 11.5 Å². The van der Waals surface area contributed by atoms with Gasteiger partial charge in [-0.15, -0.1) is 0 Å². The van der Waals surface area contributed by atoms with E-state index < -0.39 is 0 Å². The van der Waals surface area contributed by atoms with Gasteiger partial charge in [0.2, 0.25) is 0 Å². The van der Waals surface area contributed by atoms with Crippen LogP contribution in [0.4, 0.5) is 0 Å². The molecule has 0 atom stereocenters. The maximum absolute atomic E-state index is 6.32. The van der Waals surface area contributed by atoms with E-state index >= 15 is 0 Å². The minimum Gasteiger partial charge on any atom is -0.455 e. The molecule has 1 heterocycles. The van der Waals surface area contributed by atoms with Gasteiger partial charge in [-0.3, -0.25) is 4.98 Å². The van der Waals surface area contributed by atoms with Crippen LogP contribution >= 0.6 is 11.6 Å². The SMILES string of the molecule is Cc1ncccc1Oc1ccc(CNCC(C)C)c(Cl)c1. The van der Waals surface area contributed by atoms with E-state index in [-0.39, 0.29) is 0 Å². The number of hydrogen-bond acceptors (Lipinski definition) is 3. The fourth-order valence-electron chi connectivity index (χ4n) is 1.93. The van der Waals surface area contributed by atoms with Crippen molar-refractivity contribution >= 4 is 11.6 Å². The number of benzene rings is 1. The summed E-state index contributed by atoms with van der Waals surface area (Å²) in [6.07, 6.45) is 1.75. The summed E-state index contributed by atoms with van der Waals surface area (Å²) in [4.78, 5) is 4.20. The van der Waals surface area contributed by atoms with Crippen LogP contribution < -0.4 is 10.1 Å². The quantitative estimate of drug-likeness (QED) is 0.848. The van der Waals surface area contributed by atoms with Crippen molar-refractivity contribution in [3.8, 4) is 11.5 Å². The summed E-state index contributed by atoms with van der Waals surface area (Å²) in [5.74, 6) is 2.10. The highest BCUT2D eigenvalue weighted by molar-refractivity contribution is 6.31. The van der Waals surface area contributed by atoms with Crippen molar-refractivity contribution in [3.05, 3.63) is 52.8 Å². The molecule has 0 spiro atoms. The standard InChI is InChI=1S/C17H21ClN2O/c1-12(2)10-19-11-14-6-7-15(9-16(14)18)21-17-5-4-8-20-13(17)3/h4-9,12,19H,10-11H2,1-3H3. The Labute approximate surface area is 131 Å². The van der Waals surface area contributed by atoms with E-state index in [1.165, 1.54) is 0 Å². The Balaban J connectivity index is 2.03. The van der Waals surface area contributed by atoms with Gasteiger partial charge in [-0.1, -0.05) is 31.5 Å². The minimum atomic E-state index is 0.625. The Hall–Kier alpha value is -1.58. The first kappa shape index (κ1) is 15.8. The molecule has 0 aliphatic heterocycles. The van der Waals surface area contributed by atoms with Crippen molar-refractivity contribution < 1.29 is 4.74 Å². The molecule has 0 radical (unpaired) electrons. The number of aryl methyl sites for hydroxylation is 1. The zero-order valence-corrected chi connectivity index (χ0v) is 13.4. The molecule has 0 fully saturated rings. The zero-order chi connectivity index (χ0) is 15.2. The van der Waals surface area contributed by atoms with Crippen LogP contribution in [0.25, 0.3) is 0 Å². The van der Waals surface area contributed by atoms with Gasteiger partial charge in [0.05, 0.1) is 5.69 Å². The third-order valence-electron chi connectivity index (χ3n) is 3.08. The van der Waals surface area contributed by atoms with Gasteiger partial charge in [-0.25, -0.2) is 0 Å². The molecule has 3 nitrogen and oxygen atoms in total. The molecule has 1 N–H and O–H groups in total. The number of nitrogens with one attached hydrogen (secondary N) is 1. The van der Waals surface area contributed by atoms with E-state index in [1.807, 2.05) is 37.3 Å². The smallest absolute Gasteiger partial charge is 0.148 e. The molecule has 1 aromatic carbocycles. The van der Waals surface area contributed by atoms with Crippen molar-refractivity contribution in [2.75, 3.05) is 6.54 Å². The summed E-state index contributed by atoms with van der Waals surface area (Å²) in [5, 5.41) is 4.10. The van der Waals surface area contributed by atoms with E-state index in [4.69, 9.17) is 16.3 Å². The van der Waals surface area contributed by atoms with Gasteiger partial charge in [-0.05, 0) is 49.2 Å². The highest BCUT2D eigenvalue weighted by Crippen LogP contribution is 2.27. The van der Waals surface area contributed by atoms with Crippen LogP contribution in [0.2, 0.25) is 5.02 Å². The molecular formula is C17H21ClN2O. The molecular weight excluding hydrogens is 284 g/mol. The molecule has 4 heteroatoms. The van der Waals surface area contributed by atoms with Gasteiger partial charge < -0.3 is 10.1 Å². The Bertz CT molecular complexity index is 599. The predicted molar refractivity (Wildman–Crippen MR) is 87.0 cm³/mol. The summed E-state index contributed by atoms with van der Waals surface area (Å²) in [6.45, 7) is 8.03. The van der Waals surface area contributed by atoms with Crippen molar-refractivity contribution in [2.45, 2.75) is 27.3 Å². The lowest BCUT2D eigenvalue weighted by atomic mass is 10.2. The Morgan fingerprint density at radius 3 is 2.76 bits per heavy atom. The van der Waals surface area contributed by atoms with Crippen molar-refractivity contribution in [3.63, 3.8) is 0 Å². The number of aromatic nitrogens is 1. The third-order valence-corrected chi connectivity index (χ3v) is 3.43. The van der Waals surface area contributed by atoms with Crippen LogP contribution in [-0.2, 0) is 6.54 Å². The molecule has 0 aliphatic rings. The lowest BCUT2D eigenvalue weighted by molar-refractivity contribution is 0.475. The summed E-state index contributed by atoms with van der Waals surface area (Å²) in [6, 6.07) is 9.53. The fourth-order valence-corrected chi connectivity index (χ4v) is 2.17. The largest absolute Gasteiger partial charge is 0.455 e. The van der Waals surface area contributed by atoms with Crippen molar-refractivity contribution in [2.24, 2.45) is 5.92 Å². The van der Waals surface area contributed by atoms with Crippen LogP contribution in [0.15, 0.2) is 36.5 Å². The predicted octanol–water partition coefficient (Wildman–Crippen LogP) is 4.58. The van der Waals surface area contributed by atoms with Crippen LogP contribution in [0, 0.1) is 12.8 Å². The first-order chi connectivity index (χ1) is 10.1. The minimum absolute atomic E-state index is 0.625. The number of ether oxygens (including phenoxy) is 1. The van der Waals surface area contributed by atoms with E-state index in [0.717, 1.165) is 35.8 Å². The molecule has 0 saturated heterocycles. The van der Waals surface area contributed by atoms with Gasteiger partial charge in [0, 0.05) is 17.8 Å². The lowest BCUT2D eigenvalue weighted by Gasteiger charge is -2.11. The Morgan fingerprint density at radius 1 is 1.29 bits per heavy atom. The second-order valence-electron chi connectivity index (χ2n) is 5.47. The average molecular weight is 305 g/mol. The second-order valence-corrected chi connectivity index (χ2v) is 5.87. The first-order valence-electron chi connectivity index (χ1n) is 7.15. The Kier molecular flexibility index (Phi) is 5.59. The highest BCUT2D eigenvalue weighted by Gasteiger charge is 2.06. The molecule has 21 heavy (non-hydrogen) atoms. The lowest BCUT2D eigenvalue weighted by Crippen LogP contribution is -2.19. The topological polar surface area (TPSA) is 34.1 Å². The van der Waals surface area contributed by atoms with Crippen molar-refractivity contribution in [1.29, 1.82) is 0 Å². The van der Waals surface area contributed by atoms with Gasteiger partial charge >= 0.3 is 0 Å². The van der Waals surface area contributed by atoms with E-state index in [1.54, 1.807) is 6.20 Å². The number of hydrogen-bond donors (Lipinski definition) is 1. The second kappa shape index (κ2) is 7.43. The monoisotopic (exact) mass is 304 g/mol. The Morgan fingerprint density at radius 2 is 2.10 bits per heavy atom. The molecule has 0 saturated carbocycles. The molecule has 1 aromatic heterocycles. The average Bonchev–Trinajstić information content (AvgIpc) is 2.43. The van der Waals surface area contributed by atoms with Gasteiger partial charge in [-0.2, -0.15) is 0 Å². The van der Waals surface area contributed by atoms with Crippen molar-refractivity contribution in [1.82, 2.24) is 10.3 Å². The molecule has 0 amide bonds. The summed E-state index contributed by atoms with van der Waals surface area (Å²) in [7, 11) is 0. The maximum atomic E-state index is 6.32. The molecule has 0 bridgehead atoms. The van der Waals surface area contributed by atoms with E-state index in [0.29, 0.717) is 10.9 Å². The molecule has 2 aromatic rings. The first-order valence-corrected chi connectivity index (χ1v) is 7.52. The van der Waals surface area contributed by atoms with Crippen LogP contribution in [0.1, 0.15) is 25.1 Å². The maximum Gasteiger partial charge on any atom is 0.148 e. The summed E-state index contributed by atoms with van der Waals surface area (Å²) >= 11 is 6.32. The number of pyridine rings is 1. The molecule has 0 aliphatic carbocycles. The number of halogens is 1. The van der Waals surface area contributed by atoms with Crippen LogP contribution in [0.3, 0.4) is 0 Å². The molecule has 112 valence electrons. The van der Waals surface area contributed by atoms with E-state index in [2.05, 4.69) is 24.1 Å². The summed E-state index contributed by atoms with van der Waals surface area (Å²) < 4.78 is 5.82. The third kappa shape index (κ3) is 4.73. The zero-order valence-electron chi connectivity index (χ0n) is 12.7. The molecule has 0 unspecified atom stereocenters. The number of rotatable bonds is 6. The number of nitrogens with zero attached hydrogens (tertiary/aromatic N) is 1. The van der Waals surface area contributed by atoms with Gasteiger partial charge in [0.15, 0.2) is 0 Å². The van der Waals surface area contributed by atoms with Crippen LogP contribution in [0.5, 0.6) is 11.5 Å². The normalized spacial score (nSPS) is 10.9. The van der Waals surface area contributed by atoms with Crippen LogP contribution in [-0.4, -0.2) is 11.5 Å². The summed E-state index contributed by atoms with van der Waals surface area (Å²) in [5.41, 5.74) is 1.93. The van der Waals surface area contributed by atoms with E-state index in [9.17, 15) is 0 Å². The highest BCUT2D eigenvalue weighted by atomic mass is 35.5.